The number of rotatable bonds is 10. The fraction of sp³-hybridized carbons (Fsp3) is 0.700. The molecule has 2 nitrogen and oxygen atoms in total. The van der Waals surface area contributed by atoms with E-state index in [1.165, 1.54) is 44.3 Å². The highest BCUT2D eigenvalue weighted by Crippen LogP contribution is 2.64. The van der Waals surface area contributed by atoms with E-state index >= 15 is 0 Å². The summed E-state index contributed by atoms with van der Waals surface area (Å²) in [5, 5.41) is 0. The zero-order chi connectivity index (χ0) is 18.4. The molecule has 0 aromatic heterocycles. The largest absolute Gasteiger partial charge is 0.496 e. The van der Waals surface area contributed by atoms with Gasteiger partial charge in [-0.25, -0.2) is 20.1 Å². The Morgan fingerprint density at radius 1 is 0.583 bits per heavy atom. The van der Waals surface area contributed by atoms with Crippen molar-refractivity contribution in [2.45, 2.75) is 51.3 Å². The van der Waals surface area contributed by atoms with Crippen LogP contribution in [0.4, 0.5) is 0 Å². The molecule has 0 saturated carbocycles. The molecule has 0 saturated heterocycles. The van der Waals surface area contributed by atoms with Crippen LogP contribution in [0.15, 0.2) is 21.9 Å². The Hall–Kier alpha value is -0.480. The third-order valence-corrected chi connectivity index (χ3v) is 14.8. The van der Waals surface area contributed by atoms with Gasteiger partial charge in [-0.2, -0.15) is 0 Å². The van der Waals surface area contributed by atoms with Crippen molar-refractivity contribution >= 4 is 20.1 Å². The minimum atomic E-state index is -0.842. The molecule has 4 heteroatoms. The van der Waals surface area contributed by atoms with Gasteiger partial charge < -0.3 is 9.47 Å². The van der Waals surface area contributed by atoms with E-state index in [0.717, 1.165) is 11.5 Å². The zero-order valence-electron chi connectivity index (χ0n) is 17.0. The Morgan fingerprint density at radius 3 is 1.00 bits per heavy atom. The maximum atomic E-state index is 5.90. The Bertz CT molecular complexity index is 456. The SMILES string of the molecule is CCS(CC)(CC)c1cc(OC)c(S(CC)(CC)CC)cc1OC. The van der Waals surface area contributed by atoms with E-state index in [-0.39, 0.29) is 0 Å². The summed E-state index contributed by atoms with van der Waals surface area (Å²) in [4.78, 5) is 2.80. The first kappa shape index (κ1) is 21.6. The van der Waals surface area contributed by atoms with E-state index in [1.807, 2.05) is 14.2 Å². The summed E-state index contributed by atoms with van der Waals surface area (Å²) in [5.41, 5.74) is 0. The fourth-order valence-corrected chi connectivity index (χ4v) is 9.84. The first-order chi connectivity index (χ1) is 11.5. The van der Waals surface area contributed by atoms with E-state index in [4.69, 9.17) is 9.47 Å². The zero-order valence-corrected chi connectivity index (χ0v) is 18.7. The van der Waals surface area contributed by atoms with Crippen molar-refractivity contribution in [2.75, 3.05) is 48.7 Å². The molecule has 0 spiro atoms. The highest BCUT2D eigenvalue weighted by atomic mass is 32.3. The van der Waals surface area contributed by atoms with Crippen molar-refractivity contribution < 1.29 is 9.47 Å². The van der Waals surface area contributed by atoms with Crippen LogP contribution in [0.5, 0.6) is 11.5 Å². The summed E-state index contributed by atoms with van der Waals surface area (Å²) in [7, 11) is 1.96. The molecule has 0 unspecified atom stereocenters. The molecule has 0 aliphatic carbocycles. The Balaban J connectivity index is 3.70. The van der Waals surface area contributed by atoms with Gasteiger partial charge in [-0.15, -0.1) is 0 Å². The smallest absolute Gasteiger partial charge is 0.132 e. The molecule has 0 bridgehead atoms. The van der Waals surface area contributed by atoms with E-state index in [1.54, 1.807) is 0 Å². The first-order valence-corrected chi connectivity index (χ1v) is 13.5. The van der Waals surface area contributed by atoms with Crippen LogP contribution in [-0.4, -0.2) is 48.7 Å². The van der Waals surface area contributed by atoms with E-state index in [2.05, 4.69) is 53.7 Å². The lowest BCUT2D eigenvalue weighted by molar-refractivity contribution is 0.385. The third kappa shape index (κ3) is 3.70. The van der Waals surface area contributed by atoms with Gasteiger partial charge in [0, 0.05) is 9.79 Å². The molecule has 1 aromatic rings. The van der Waals surface area contributed by atoms with Crippen molar-refractivity contribution in [1.29, 1.82) is 0 Å². The highest BCUT2D eigenvalue weighted by Gasteiger charge is 2.30. The summed E-state index contributed by atoms with van der Waals surface area (Å²) >= 11 is 0. The van der Waals surface area contributed by atoms with Gasteiger partial charge in [0.15, 0.2) is 0 Å². The molecule has 0 heterocycles. The molecule has 0 aliphatic rings. The molecule has 24 heavy (non-hydrogen) atoms. The van der Waals surface area contributed by atoms with Crippen LogP contribution >= 0.6 is 20.1 Å². The molecule has 0 aliphatic heterocycles. The molecule has 0 radical (unpaired) electrons. The van der Waals surface area contributed by atoms with Gasteiger partial charge in [0.1, 0.15) is 11.5 Å². The van der Waals surface area contributed by atoms with Crippen molar-refractivity contribution in [1.82, 2.24) is 0 Å². The van der Waals surface area contributed by atoms with Gasteiger partial charge in [-0.05, 0) is 46.6 Å². The number of benzene rings is 1. The van der Waals surface area contributed by atoms with Gasteiger partial charge in [0.25, 0.3) is 0 Å². The van der Waals surface area contributed by atoms with Crippen LogP contribution in [0.1, 0.15) is 41.5 Å². The van der Waals surface area contributed by atoms with Crippen LogP contribution < -0.4 is 9.47 Å². The topological polar surface area (TPSA) is 18.5 Å². The van der Waals surface area contributed by atoms with Crippen LogP contribution in [0.3, 0.4) is 0 Å². The molecule has 0 fully saturated rings. The van der Waals surface area contributed by atoms with Crippen LogP contribution in [0.25, 0.3) is 0 Å². The van der Waals surface area contributed by atoms with Gasteiger partial charge in [-0.1, -0.05) is 41.5 Å². The lowest BCUT2D eigenvalue weighted by Crippen LogP contribution is -2.14. The normalized spacial score (nSPS) is 13.7. The van der Waals surface area contributed by atoms with Crippen molar-refractivity contribution in [3.63, 3.8) is 0 Å². The van der Waals surface area contributed by atoms with Gasteiger partial charge in [0.05, 0.1) is 14.2 Å². The van der Waals surface area contributed by atoms with Crippen LogP contribution in [0, 0.1) is 0 Å². The molecular weight excluding hydrogens is 336 g/mol. The second-order valence-corrected chi connectivity index (χ2v) is 14.5. The summed E-state index contributed by atoms with van der Waals surface area (Å²) in [5.74, 6) is 9.37. The molecule has 1 rings (SSSR count). The number of ether oxygens (including phenoxy) is 2. The van der Waals surface area contributed by atoms with Gasteiger partial charge in [-0.3, -0.25) is 0 Å². The molecule has 0 N–H and O–H groups in total. The first-order valence-electron chi connectivity index (χ1n) is 9.26. The molecule has 142 valence electrons. The maximum Gasteiger partial charge on any atom is 0.132 e. The van der Waals surface area contributed by atoms with E-state index < -0.39 is 20.1 Å². The average molecular weight is 375 g/mol. The highest BCUT2D eigenvalue weighted by molar-refractivity contribution is 8.34. The lowest BCUT2D eigenvalue weighted by atomic mass is 10.3. The lowest BCUT2D eigenvalue weighted by Gasteiger charge is -2.42. The summed E-state index contributed by atoms with van der Waals surface area (Å²) in [6, 6.07) is 4.64. The molecular formula is C20H38O2S2. The van der Waals surface area contributed by atoms with Crippen molar-refractivity contribution in [3.8, 4) is 11.5 Å². The fourth-order valence-electron chi connectivity index (χ4n) is 3.68. The summed E-state index contributed by atoms with van der Waals surface area (Å²) in [6.07, 6.45) is 0. The molecule has 0 atom stereocenters. The maximum absolute atomic E-state index is 5.90. The van der Waals surface area contributed by atoms with Crippen LogP contribution in [0.2, 0.25) is 0 Å². The quantitative estimate of drug-likeness (QED) is 0.489. The molecule has 1 aromatic carbocycles. The minimum Gasteiger partial charge on any atom is -0.496 e. The Kier molecular flexibility index (Phi) is 8.34. The second-order valence-electron chi connectivity index (χ2n) is 5.98. The predicted octanol–water partition coefficient (Wildman–Crippen LogP) is 6.15. The second kappa shape index (κ2) is 9.28. The monoisotopic (exact) mass is 374 g/mol. The Morgan fingerprint density at radius 2 is 0.833 bits per heavy atom. The summed E-state index contributed by atoms with van der Waals surface area (Å²) in [6.45, 7) is 13.9. The van der Waals surface area contributed by atoms with E-state index in [0.29, 0.717) is 0 Å². The van der Waals surface area contributed by atoms with Crippen LogP contribution in [-0.2, 0) is 0 Å². The minimum absolute atomic E-state index is 0.842. The number of hydrogen-bond acceptors (Lipinski definition) is 2. The standard InChI is InChI=1S/C20H38O2S2/c1-9-23(10-2,11-3)19-15-18(22-8)20(16-17(19)21-7)24(12-4,13-5)14-6/h15-16H,9-14H2,1-8H3. The van der Waals surface area contributed by atoms with E-state index in [9.17, 15) is 0 Å². The predicted molar refractivity (Wildman–Crippen MR) is 115 cm³/mol. The van der Waals surface area contributed by atoms with Gasteiger partial charge in [0.2, 0.25) is 0 Å². The number of methoxy groups -OCH3 is 2. The average Bonchev–Trinajstić information content (AvgIpc) is 2.65. The number of hydrogen-bond donors (Lipinski definition) is 0. The van der Waals surface area contributed by atoms with Crippen molar-refractivity contribution in [2.24, 2.45) is 0 Å². The van der Waals surface area contributed by atoms with Gasteiger partial charge >= 0.3 is 0 Å². The summed E-state index contributed by atoms with van der Waals surface area (Å²) < 4.78 is 11.8. The van der Waals surface area contributed by atoms with Crippen molar-refractivity contribution in [3.05, 3.63) is 12.1 Å². The molecule has 0 amide bonds. The third-order valence-electron chi connectivity index (χ3n) is 5.70. The Labute approximate surface area is 153 Å².